The number of carbonyl (C=O) groups excluding carboxylic acids is 2. The van der Waals surface area contributed by atoms with E-state index in [0.717, 1.165) is 38.5 Å². The zero-order valence-electron chi connectivity index (χ0n) is 24.8. The fourth-order valence-corrected chi connectivity index (χ4v) is 6.08. The van der Waals surface area contributed by atoms with Crippen molar-refractivity contribution in [3.63, 3.8) is 0 Å². The van der Waals surface area contributed by atoms with Gasteiger partial charge >= 0.3 is 5.97 Å². The van der Waals surface area contributed by atoms with Crippen LogP contribution in [-0.4, -0.2) is 50.1 Å². The minimum Gasteiger partial charge on any atom is -0.453 e. The maximum atomic E-state index is 12.4. The van der Waals surface area contributed by atoms with Crippen LogP contribution in [0.2, 0.25) is 0 Å². The Morgan fingerprint density at radius 2 is 1.77 bits per heavy atom. The molecule has 0 unspecified atom stereocenters. The lowest BCUT2D eigenvalue weighted by molar-refractivity contribution is -0.268. The van der Waals surface area contributed by atoms with Gasteiger partial charge < -0.3 is 24.6 Å². The Morgan fingerprint density at radius 3 is 2.45 bits per heavy atom. The number of thioether (sulfide) groups is 1. The van der Waals surface area contributed by atoms with E-state index >= 15 is 0 Å². The van der Waals surface area contributed by atoms with Gasteiger partial charge in [0.1, 0.15) is 6.33 Å². The number of amides is 1. The molecule has 0 bridgehead atoms. The second kappa shape index (κ2) is 14.6. The number of aromatic nitrogens is 3. The average molecular weight is 617 g/mol. The van der Waals surface area contributed by atoms with Gasteiger partial charge in [-0.2, -0.15) is 5.10 Å². The Hall–Kier alpha value is -4.03. The summed E-state index contributed by atoms with van der Waals surface area (Å²) in [6.07, 6.45) is -0.334. The molecule has 0 radical (unpaired) electrons. The molecule has 230 valence electrons. The predicted octanol–water partition coefficient (Wildman–Crippen LogP) is 5.12. The summed E-state index contributed by atoms with van der Waals surface area (Å²) in [7, 11) is 0. The summed E-state index contributed by atoms with van der Waals surface area (Å²) in [4.78, 5) is 27.8. The number of aliphatic hydroxyl groups is 1. The third kappa shape index (κ3) is 7.72. The van der Waals surface area contributed by atoms with Crippen LogP contribution in [0.5, 0.6) is 0 Å². The molecule has 1 fully saturated rings. The minimum atomic E-state index is -0.869. The lowest BCUT2D eigenvalue weighted by atomic mass is 9.91. The van der Waals surface area contributed by atoms with Crippen LogP contribution in [0.15, 0.2) is 84.3 Å². The molecule has 0 spiro atoms. The predicted molar refractivity (Wildman–Crippen MR) is 165 cm³/mol. The summed E-state index contributed by atoms with van der Waals surface area (Å²) < 4.78 is 18.1. The molecule has 1 aliphatic heterocycles. The van der Waals surface area contributed by atoms with Crippen LogP contribution >= 0.6 is 11.8 Å². The molecule has 1 amide bonds. The van der Waals surface area contributed by atoms with E-state index in [2.05, 4.69) is 27.4 Å². The van der Waals surface area contributed by atoms with Crippen molar-refractivity contribution in [3.05, 3.63) is 101 Å². The Labute approximate surface area is 260 Å². The second-order valence-electron chi connectivity index (χ2n) is 10.7. The highest BCUT2D eigenvalue weighted by Crippen LogP contribution is 2.43. The van der Waals surface area contributed by atoms with Crippen LogP contribution in [0.1, 0.15) is 55.4 Å². The standard InChI is InChI=1S/C33H36N4O6S/c1-20-29(18-44-33-35-19-36-37-33)42-32(43-30(20)25-10-8-23(17-38)9-11-25)26-14-12-24(13-15-26)28-7-5-4-6-27(28)16-34-31(40)21(2)41-22(3)39/h4-15,19-21,29-30,32,38H,16-18H2,1-3H3,(H,34,40)(H,35,36,37)/t20-,21-,29+,30+,32+/m0/s1. The zero-order chi connectivity index (χ0) is 31.1. The van der Waals surface area contributed by atoms with Gasteiger partial charge in [-0.3, -0.25) is 14.7 Å². The van der Waals surface area contributed by atoms with Crippen molar-refractivity contribution < 1.29 is 28.9 Å². The van der Waals surface area contributed by atoms with Crippen molar-refractivity contribution in [3.8, 4) is 11.1 Å². The van der Waals surface area contributed by atoms with Gasteiger partial charge in [-0.05, 0) is 34.7 Å². The first-order valence-electron chi connectivity index (χ1n) is 14.4. The maximum Gasteiger partial charge on any atom is 0.303 e. The summed E-state index contributed by atoms with van der Waals surface area (Å²) in [5.41, 5.74) is 5.63. The third-order valence-corrected chi connectivity index (χ3v) is 8.54. The summed E-state index contributed by atoms with van der Waals surface area (Å²) in [6.45, 7) is 5.22. The van der Waals surface area contributed by atoms with E-state index in [1.54, 1.807) is 18.7 Å². The number of nitrogens with one attached hydrogen (secondary N) is 2. The van der Waals surface area contributed by atoms with Crippen molar-refractivity contribution in [2.45, 2.75) is 63.7 Å². The molecule has 5 rings (SSSR count). The van der Waals surface area contributed by atoms with Crippen molar-refractivity contribution in [1.82, 2.24) is 20.5 Å². The molecule has 1 saturated heterocycles. The van der Waals surface area contributed by atoms with Gasteiger partial charge in [0.05, 0.1) is 18.8 Å². The largest absolute Gasteiger partial charge is 0.453 e. The van der Waals surface area contributed by atoms with Crippen LogP contribution in [-0.2, 0) is 37.0 Å². The lowest BCUT2D eigenvalue weighted by Gasteiger charge is -2.41. The number of rotatable bonds is 11. The summed E-state index contributed by atoms with van der Waals surface area (Å²) >= 11 is 1.55. The number of hydrogen-bond acceptors (Lipinski definition) is 9. The Kier molecular flexibility index (Phi) is 10.4. The molecular weight excluding hydrogens is 580 g/mol. The fourth-order valence-electron chi connectivity index (χ4n) is 5.14. The molecule has 10 nitrogen and oxygen atoms in total. The normalized spacial score (nSPS) is 20.5. The first kappa shape index (κ1) is 31.4. The van der Waals surface area contributed by atoms with Crippen molar-refractivity contribution >= 4 is 23.6 Å². The highest BCUT2D eigenvalue weighted by Gasteiger charge is 2.38. The number of aromatic amines is 1. The Bertz CT molecular complexity index is 1530. The van der Waals surface area contributed by atoms with E-state index in [0.29, 0.717) is 5.75 Å². The second-order valence-corrected chi connectivity index (χ2v) is 11.7. The maximum absolute atomic E-state index is 12.4. The van der Waals surface area contributed by atoms with E-state index in [1.807, 2.05) is 72.8 Å². The van der Waals surface area contributed by atoms with Crippen LogP contribution in [0, 0.1) is 5.92 Å². The molecule has 0 saturated carbocycles. The number of nitrogens with zero attached hydrogens (tertiary/aromatic N) is 2. The van der Waals surface area contributed by atoms with E-state index in [4.69, 9.17) is 14.2 Å². The molecule has 4 aromatic rings. The molecular formula is C33H36N4O6S. The van der Waals surface area contributed by atoms with Crippen molar-refractivity contribution in [1.29, 1.82) is 0 Å². The average Bonchev–Trinajstić information content (AvgIpc) is 3.57. The number of H-pyrrole nitrogens is 1. The first-order valence-corrected chi connectivity index (χ1v) is 15.4. The third-order valence-electron chi connectivity index (χ3n) is 7.58. The first-order chi connectivity index (χ1) is 21.3. The van der Waals surface area contributed by atoms with Gasteiger partial charge in [-0.15, -0.1) is 0 Å². The summed E-state index contributed by atoms with van der Waals surface area (Å²) in [6, 6.07) is 23.7. The number of benzene rings is 3. The van der Waals surface area contributed by atoms with Crippen LogP contribution in [0.3, 0.4) is 0 Å². The van der Waals surface area contributed by atoms with Crippen LogP contribution in [0.4, 0.5) is 0 Å². The number of carbonyl (C=O) groups is 2. The summed E-state index contributed by atoms with van der Waals surface area (Å²) in [5, 5.41) is 19.9. The Morgan fingerprint density at radius 1 is 1.05 bits per heavy atom. The molecule has 44 heavy (non-hydrogen) atoms. The number of ether oxygens (including phenoxy) is 3. The highest BCUT2D eigenvalue weighted by molar-refractivity contribution is 7.99. The molecule has 3 aromatic carbocycles. The zero-order valence-corrected chi connectivity index (χ0v) is 25.6. The van der Waals surface area contributed by atoms with Gasteiger partial charge in [0.25, 0.3) is 5.91 Å². The number of hydrogen-bond donors (Lipinski definition) is 3. The number of esters is 1. The topological polar surface area (TPSA) is 136 Å². The van der Waals surface area contributed by atoms with Gasteiger partial charge in [-0.25, -0.2) is 4.98 Å². The quantitative estimate of drug-likeness (QED) is 0.155. The van der Waals surface area contributed by atoms with Crippen molar-refractivity contribution in [2.75, 3.05) is 5.75 Å². The van der Waals surface area contributed by atoms with Gasteiger partial charge in [-0.1, -0.05) is 91.5 Å². The van der Waals surface area contributed by atoms with Crippen LogP contribution in [0.25, 0.3) is 11.1 Å². The van der Waals surface area contributed by atoms with Gasteiger partial charge in [0.15, 0.2) is 17.6 Å². The molecule has 0 aliphatic carbocycles. The van der Waals surface area contributed by atoms with E-state index in [-0.39, 0.29) is 37.2 Å². The Balaban J connectivity index is 1.34. The SMILES string of the molecule is CC(=O)O[C@@H](C)C(=O)NCc1ccccc1-c1ccc([C@@H]2O[C@H](CSc3ncn[nH]3)[C@H](C)[C@H](c3ccc(CO)cc3)O2)cc1. The molecule has 3 N–H and O–H groups in total. The monoisotopic (exact) mass is 616 g/mol. The molecule has 11 heteroatoms. The molecule has 2 heterocycles. The minimum absolute atomic E-state index is 0.0151. The van der Waals surface area contributed by atoms with Crippen molar-refractivity contribution in [2.24, 2.45) is 5.92 Å². The van der Waals surface area contributed by atoms with Crippen LogP contribution < -0.4 is 5.32 Å². The number of aliphatic hydroxyl groups excluding tert-OH is 1. The van der Waals surface area contributed by atoms with E-state index in [1.165, 1.54) is 13.3 Å². The summed E-state index contributed by atoms with van der Waals surface area (Å²) in [5.74, 6) is -0.150. The smallest absolute Gasteiger partial charge is 0.303 e. The van der Waals surface area contributed by atoms with E-state index in [9.17, 15) is 14.7 Å². The van der Waals surface area contributed by atoms with Gasteiger partial charge in [0.2, 0.25) is 0 Å². The highest BCUT2D eigenvalue weighted by atomic mass is 32.2. The molecule has 1 aliphatic rings. The van der Waals surface area contributed by atoms with Gasteiger partial charge in [0, 0.05) is 30.7 Å². The molecule has 1 aromatic heterocycles. The van der Waals surface area contributed by atoms with E-state index < -0.39 is 18.4 Å². The lowest BCUT2D eigenvalue weighted by Crippen LogP contribution is -2.38. The fraction of sp³-hybridized carbons (Fsp3) is 0.333. The molecule has 5 atom stereocenters.